The maximum Gasteiger partial charge on any atom is 0.198 e. The van der Waals surface area contributed by atoms with Gasteiger partial charge in [0.25, 0.3) is 0 Å². The fraction of sp³-hybridized carbons (Fsp3) is 0.429. The van der Waals surface area contributed by atoms with E-state index in [4.69, 9.17) is 0 Å². The van der Waals surface area contributed by atoms with E-state index in [-0.39, 0.29) is 11.6 Å². The average Bonchev–Trinajstić information content (AvgIpc) is 2.28. The van der Waals surface area contributed by atoms with Gasteiger partial charge in [-0.1, -0.05) is 24.3 Å². The van der Waals surface area contributed by atoms with Crippen molar-refractivity contribution in [2.45, 2.75) is 32.6 Å². The van der Waals surface area contributed by atoms with Crippen LogP contribution < -0.4 is 0 Å². The predicted molar refractivity (Wildman–Crippen MR) is 62.3 cm³/mol. The number of hydrogen-bond donors (Lipinski definition) is 0. The minimum atomic E-state index is -0.307. The molecule has 1 aromatic carbocycles. The van der Waals surface area contributed by atoms with Gasteiger partial charge in [-0.15, -0.1) is 0 Å². The molecule has 0 amide bonds. The first-order valence-corrected chi connectivity index (χ1v) is 5.77. The van der Waals surface area contributed by atoms with Crippen molar-refractivity contribution in [2.24, 2.45) is 5.92 Å². The number of carbonyl (C=O) groups is 2. The average molecular weight is 216 g/mol. The molecule has 0 aromatic heterocycles. The maximum atomic E-state index is 11.4. The van der Waals surface area contributed by atoms with E-state index in [1.54, 1.807) is 0 Å². The SMILES string of the molecule is CC(=O)C(=O)CC1CCc2ccccc2C1. The van der Waals surface area contributed by atoms with Gasteiger partial charge in [-0.25, -0.2) is 0 Å². The van der Waals surface area contributed by atoms with Crippen molar-refractivity contribution in [2.75, 3.05) is 0 Å². The molecule has 1 unspecified atom stereocenters. The third-order valence-corrected chi connectivity index (χ3v) is 3.32. The van der Waals surface area contributed by atoms with E-state index < -0.39 is 0 Å². The van der Waals surface area contributed by atoms with E-state index in [2.05, 4.69) is 18.2 Å². The third kappa shape index (κ3) is 2.38. The number of rotatable bonds is 3. The Morgan fingerprint density at radius 1 is 1.25 bits per heavy atom. The van der Waals surface area contributed by atoms with E-state index in [0.29, 0.717) is 12.3 Å². The van der Waals surface area contributed by atoms with Gasteiger partial charge in [0.1, 0.15) is 0 Å². The lowest BCUT2D eigenvalue weighted by molar-refractivity contribution is -0.135. The molecule has 1 atom stereocenters. The number of fused-ring (bicyclic) bond motifs is 1. The summed E-state index contributed by atoms with van der Waals surface area (Å²) in [4.78, 5) is 22.3. The lowest BCUT2D eigenvalue weighted by Gasteiger charge is -2.23. The fourth-order valence-electron chi connectivity index (χ4n) is 2.35. The highest BCUT2D eigenvalue weighted by molar-refractivity contribution is 6.36. The summed E-state index contributed by atoms with van der Waals surface area (Å²) in [6, 6.07) is 8.37. The molecule has 0 heterocycles. The van der Waals surface area contributed by atoms with Gasteiger partial charge >= 0.3 is 0 Å². The highest BCUT2D eigenvalue weighted by atomic mass is 16.2. The number of benzene rings is 1. The summed E-state index contributed by atoms with van der Waals surface area (Å²) >= 11 is 0. The number of carbonyl (C=O) groups excluding carboxylic acids is 2. The van der Waals surface area contributed by atoms with E-state index in [9.17, 15) is 9.59 Å². The first-order valence-electron chi connectivity index (χ1n) is 5.77. The molecule has 0 spiro atoms. The summed E-state index contributed by atoms with van der Waals surface area (Å²) in [6.45, 7) is 1.36. The quantitative estimate of drug-likeness (QED) is 0.727. The van der Waals surface area contributed by atoms with Gasteiger partial charge in [0, 0.05) is 13.3 Å². The molecule has 0 aliphatic heterocycles. The van der Waals surface area contributed by atoms with Crippen molar-refractivity contribution in [3.8, 4) is 0 Å². The molecule has 0 N–H and O–H groups in total. The molecule has 0 fully saturated rings. The summed E-state index contributed by atoms with van der Waals surface area (Å²) in [5.74, 6) is -0.172. The number of ketones is 2. The first kappa shape index (κ1) is 11.1. The molecule has 1 aromatic rings. The van der Waals surface area contributed by atoms with Crippen LogP contribution in [0.1, 0.15) is 30.9 Å². The molecule has 1 aliphatic carbocycles. The van der Waals surface area contributed by atoms with Crippen LogP contribution in [0.4, 0.5) is 0 Å². The van der Waals surface area contributed by atoms with E-state index in [1.807, 2.05) is 6.07 Å². The Hall–Kier alpha value is -1.44. The van der Waals surface area contributed by atoms with Gasteiger partial charge in [-0.3, -0.25) is 9.59 Å². The largest absolute Gasteiger partial charge is 0.291 e. The van der Waals surface area contributed by atoms with Gasteiger partial charge < -0.3 is 0 Å². The van der Waals surface area contributed by atoms with Crippen LogP contribution in [0.25, 0.3) is 0 Å². The third-order valence-electron chi connectivity index (χ3n) is 3.32. The Kier molecular flexibility index (Phi) is 3.18. The molecular weight excluding hydrogens is 200 g/mol. The molecule has 0 saturated heterocycles. The summed E-state index contributed by atoms with van der Waals surface area (Å²) in [5, 5.41) is 0. The van der Waals surface area contributed by atoms with Gasteiger partial charge in [0.05, 0.1) is 0 Å². The van der Waals surface area contributed by atoms with Crippen LogP contribution in [0.15, 0.2) is 24.3 Å². The van der Waals surface area contributed by atoms with Gasteiger partial charge in [0.2, 0.25) is 0 Å². The minimum Gasteiger partial charge on any atom is -0.291 e. The normalized spacial score (nSPS) is 18.9. The topological polar surface area (TPSA) is 34.1 Å². The molecular formula is C14H16O2. The van der Waals surface area contributed by atoms with Crippen molar-refractivity contribution in [1.82, 2.24) is 0 Å². The molecule has 1 aliphatic rings. The minimum absolute atomic E-state index is 0.218. The second-order valence-corrected chi connectivity index (χ2v) is 4.56. The molecule has 2 nitrogen and oxygen atoms in total. The Labute approximate surface area is 95.7 Å². The second-order valence-electron chi connectivity index (χ2n) is 4.56. The predicted octanol–water partition coefficient (Wildman–Crippen LogP) is 2.34. The van der Waals surface area contributed by atoms with Crippen LogP contribution in [-0.4, -0.2) is 11.6 Å². The molecule has 16 heavy (non-hydrogen) atoms. The van der Waals surface area contributed by atoms with Crippen molar-refractivity contribution in [1.29, 1.82) is 0 Å². The smallest absolute Gasteiger partial charge is 0.198 e. The summed E-state index contributed by atoms with van der Waals surface area (Å²) in [6.07, 6.45) is 3.42. The van der Waals surface area contributed by atoms with Crippen molar-refractivity contribution in [3.05, 3.63) is 35.4 Å². The number of hydrogen-bond acceptors (Lipinski definition) is 2. The van der Waals surface area contributed by atoms with E-state index >= 15 is 0 Å². The van der Waals surface area contributed by atoms with Crippen LogP contribution in [0.3, 0.4) is 0 Å². The highest BCUT2D eigenvalue weighted by Crippen LogP contribution is 2.27. The lowest BCUT2D eigenvalue weighted by atomic mass is 9.81. The van der Waals surface area contributed by atoms with Gasteiger partial charge in [-0.05, 0) is 36.3 Å². The Balaban J connectivity index is 2.03. The van der Waals surface area contributed by atoms with Gasteiger partial charge in [0.15, 0.2) is 11.6 Å². The standard InChI is InChI=1S/C14H16O2/c1-10(15)14(16)9-11-6-7-12-4-2-3-5-13(12)8-11/h2-5,11H,6-9H2,1H3. The van der Waals surface area contributed by atoms with Crippen molar-refractivity contribution < 1.29 is 9.59 Å². The van der Waals surface area contributed by atoms with Crippen molar-refractivity contribution >= 4 is 11.6 Å². The van der Waals surface area contributed by atoms with E-state index in [1.165, 1.54) is 18.1 Å². The lowest BCUT2D eigenvalue weighted by Crippen LogP contribution is -2.20. The number of Topliss-reactive ketones (excluding diaryl/α,β-unsaturated/α-hetero) is 2. The van der Waals surface area contributed by atoms with Gasteiger partial charge in [-0.2, -0.15) is 0 Å². The zero-order valence-electron chi connectivity index (χ0n) is 9.53. The highest BCUT2D eigenvalue weighted by Gasteiger charge is 2.22. The molecule has 84 valence electrons. The van der Waals surface area contributed by atoms with E-state index in [0.717, 1.165) is 19.3 Å². The summed E-state index contributed by atoms with van der Waals surface area (Å²) in [7, 11) is 0. The molecule has 0 bridgehead atoms. The Morgan fingerprint density at radius 2 is 1.94 bits per heavy atom. The molecule has 2 rings (SSSR count). The van der Waals surface area contributed by atoms with Crippen molar-refractivity contribution in [3.63, 3.8) is 0 Å². The summed E-state index contributed by atoms with van der Waals surface area (Å²) < 4.78 is 0. The van der Waals surface area contributed by atoms with Crippen LogP contribution in [-0.2, 0) is 22.4 Å². The van der Waals surface area contributed by atoms with Crippen LogP contribution in [0.5, 0.6) is 0 Å². The molecule has 0 radical (unpaired) electrons. The second kappa shape index (κ2) is 4.60. The zero-order valence-corrected chi connectivity index (χ0v) is 9.53. The van der Waals surface area contributed by atoms with Crippen LogP contribution in [0.2, 0.25) is 0 Å². The monoisotopic (exact) mass is 216 g/mol. The van der Waals surface area contributed by atoms with Crippen LogP contribution >= 0.6 is 0 Å². The Bertz CT molecular complexity index is 420. The Morgan fingerprint density at radius 3 is 2.62 bits per heavy atom. The van der Waals surface area contributed by atoms with Crippen LogP contribution in [0, 0.1) is 5.92 Å². The first-order chi connectivity index (χ1) is 7.66. The fourth-order valence-corrected chi connectivity index (χ4v) is 2.35. The summed E-state index contributed by atoms with van der Waals surface area (Å²) in [5.41, 5.74) is 2.74. The molecule has 0 saturated carbocycles. The molecule has 2 heteroatoms. The zero-order chi connectivity index (χ0) is 11.5. The maximum absolute atomic E-state index is 11.4. The number of aryl methyl sites for hydroxylation is 1.